The zero-order chi connectivity index (χ0) is 16.4. The van der Waals surface area contributed by atoms with Crippen LogP contribution in [0.5, 0.6) is 5.75 Å². The molecule has 0 amide bonds. The Balaban J connectivity index is 2.07. The summed E-state index contributed by atoms with van der Waals surface area (Å²) in [5, 5.41) is 27.9. The van der Waals surface area contributed by atoms with Crippen molar-refractivity contribution in [1.29, 1.82) is 5.26 Å². The van der Waals surface area contributed by atoms with Gasteiger partial charge in [-0.3, -0.25) is 0 Å². The summed E-state index contributed by atoms with van der Waals surface area (Å²) in [4.78, 5) is 18.4. The van der Waals surface area contributed by atoms with Gasteiger partial charge in [0.05, 0.1) is 16.6 Å². The summed E-state index contributed by atoms with van der Waals surface area (Å²) in [5.41, 5.74) is 2.07. The van der Waals surface area contributed by atoms with Crippen LogP contribution in [0.2, 0.25) is 0 Å². The van der Waals surface area contributed by atoms with Gasteiger partial charge in [0.25, 0.3) is 0 Å². The lowest BCUT2D eigenvalue weighted by molar-refractivity contribution is 0.0693. The molecule has 3 rings (SSSR count). The molecule has 6 heteroatoms. The fourth-order valence-corrected chi connectivity index (χ4v) is 2.22. The molecule has 6 nitrogen and oxygen atoms in total. The first kappa shape index (κ1) is 14.4. The molecule has 0 atom stereocenters. The summed E-state index contributed by atoms with van der Waals surface area (Å²) < 4.78 is 0. The molecular formula is C17H11N3O3. The van der Waals surface area contributed by atoms with Crippen LogP contribution in [0.3, 0.4) is 0 Å². The summed E-state index contributed by atoms with van der Waals surface area (Å²) in [7, 11) is 0. The van der Waals surface area contributed by atoms with Gasteiger partial charge in [0.2, 0.25) is 0 Å². The Labute approximate surface area is 131 Å². The normalized spacial score (nSPS) is 11.3. The summed E-state index contributed by atoms with van der Waals surface area (Å²) in [6, 6.07) is 13.5. The standard InChI is InChI=1S/C17H11N3O3/c18-9-11(16-19-13-3-1-2-4-14(13)20-16)7-10-5-6-15(21)12(8-10)17(22)23/h1-8,21H,(H,19,20)(H,22,23)/b11-7+. The Bertz CT molecular complexity index is 947. The number of carbonyl (C=O) groups is 1. The molecular weight excluding hydrogens is 294 g/mol. The van der Waals surface area contributed by atoms with Gasteiger partial charge in [0.1, 0.15) is 23.2 Å². The van der Waals surface area contributed by atoms with Crippen molar-refractivity contribution in [2.75, 3.05) is 0 Å². The number of carboxylic acids is 1. The average molecular weight is 305 g/mol. The number of nitriles is 1. The van der Waals surface area contributed by atoms with Gasteiger partial charge in [-0.25, -0.2) is 9.78 Å². The van der Waals surface area contributed by atoms with E-state index in [1.54, 1.807) is 0 Å². The van der Waals surface area contributed by atoms with Crippen LogP contribution in [0.4, 0.5) is 0 Å². The number of hydrogen-bond acceptors (Lipinski definition) is 4. The third-order valence-corrected chi connectivity index (χ3v) is 3.33. The maximum Gasteiger partial charge on any atom is 0.339 e. The molecule has 0 saturated carbocycles. The lowest BCUT2D eigenvalue weighted by atomic mass is 10.1. The molecule has 0 aliphatic rings. The maximum absolute atomic E-state index is 11.1. The van der Waals surface area contributed by atoms with Crippen LogP contribution in [0, 0.1) is 11.3 Å². The summed E-state index contributed by atoms with van der Waals surface area (Å²) >= 11 is 0. The number of aromatic amines is 1. The number of aromatic carboxylic acids is 1. The highest BCUT2D eigenvalue weighted by atomic mass is 16.4. The first-order chi connectivity index (χ1) is 11.1. The van der Waals surface area contributed by atoms with E-state index in [0.717, 1.165) is 11.0 Å². The van der Waals surface area contributed by atoms with E-state index in [9.17, 15) is 15.2 Å². The first-order valence-electron chi connectivity index (χ1n) is 6.71. The van der Waals surface area contributed by atoms with Crippen LogP contribution in [-0.4, -0.2) is 26.2 Å². The molecule has 0 bridgehead atoms. The molecule has 0 unspecified atom stereocenters. The van der Waals surface area contributed by atoms with Crippen LogP contribution in [0.1, 0.15) is 21.7 Å². The smallest absolute Gasteiger partial charge is 0.339 e. The van der Waals surface area contributed by atoms with Gasteiger partial charge in [0, 0.05) is 0 Å². The number of rotatable bonds is 3. The number of H-pyrrole nitrogens is 1. The van der Waals surface area contributed by atoms with E-state index in [2.05, 4.69) is 9.97 Å². The SMILES string of the molecule is N#C/C(=C\c1ccc(O)c(C(=O)O)c1)c1nc2ccccc2[nH]1. The second-order valence-electron chi connectivity index (χ2n) is 4.85. The van der Waals surface area contributed by atoms with Crippen molar-refractivity contribution in [2.24, 2.45) is 0 Å². The lowest BCUT2D eigenvalue weighted by Gasteiger charge is -2.01. The highest BCUT2D eigenvalue weighted by molar-refractivity contribution is 5.94. The fourth-order valence-electron chi connectivity index (χ4n) is 2.22. The molecule has 1 heterocycles. The molecule has 23 heavy (non-hydrogen) atoms. The number of fused-ring (bicyclic) bond motifs is 1. The summed E-state index contributed by atoms with van der Waals surface area (Å²) in [6.07, 6.45) is 1.52. The largest absolute Gasteiger partial charge is 0.507 e. The third-order valence-electron chi connectivity index (χ3n) is 3.33. The Morgan fingerprint density at radius 2 is 2.04 bits per heavy atom. The minimum absolute atomic E-state index is 0.222. The molecule has 3 aromatic rings. The van der Waals surface area contributed by atoms with E-state index in [-0.39, 0.29) is 16.9 Å². The molecule has 3 N–H and O–H groups in total. The average Bonchev–Trinajstić information content (AvgIpc) is 2.97. The Hall–Kier alpha value is -3.59. The zero-order valence-electron chi connectivity index (χ0n) is 11.8. The Kier molecular flexibility index (Phi) is 3.53. The number of carboxylic acid groups (broad SMARTS) is 1. The monoisotopic (exact) mass is 305 g/mol. The highest BCUT2D eigenvalue weighted by Crippen LogP contribution is 2.23. The lowest BCUT2D eigenvalue weighted by Crippen LogP contribution is -1.97. The van der Waals surface area contributed by atoms with Crippen LogP contribution >= 0.6 is 0 Å². The predicted molar refractivity (Wildman–Crippen MR) is 84.6 cm³/mol. The van der Waals surface area contributed by atoms with Crippen molar-refractivity contribution in [3.63, 3.8) is 0 Å². The molecule has 0 spiro atoms. The summed E-state index contributed by atoms with van der Waals surface area (Å²) in [6.45, 7) is 0. The number of allylic oxidation sites excluding steroid dienone is 1. The number of aromatic nitrogens is 2. The number of nitrogens with zero attached hydrogens (tertiary/aromatic N) is 2. The number of aromatic hydroxyl groups is 1. The molecule has 2 aromatic carbocycles. The van der Waals surface area contributed by atoms with E-state index < -0.39 is 5.97 Å². The van der Waals surface area contributed by atoms with Gasteiger partial charge in [-0.15, -0.1) is 0 Å². The quantitative estimate of drug-likeness (QED) is 0.644. The summed E-state index contributed by atoms with van der Waals surface area (Å²) in [5.74, 6) is -1.16. The predicted octanol–water partition coefficient (Wildman–Crippen LogP) is 3.03. The van der Waals surface area contributed by atoms with E-state index in [1.165, 1.54) is 24.3 Å². The van der Waals surface area contributed by atoms with E-state index in [1.807, 2.05) is 30.3 Å². The van der Waals surface area contributed by atoms with Crippen molar-refractivity contribution in [3.05, 3.63) is 59.4 Å². The van der Waals surface area contributed by atoms with Gasteiger partial charge in [-0.1, -0.05) is 18.2 Å². The van der Waals surface area contributed by atoms with Gasteiger partial charge in [-0.05, 0) is 35.9 Å². The van der Waals surface area contributed by atoms with Crippen molar-refractivity contribution >= 4 is 28.7 Å². The maximum atomic E-state index is 11.1. The van der Waals surface area contributed by atoms with Gasteiger partial charge in [-0.2, -0.15) is 5.26 Å². The van der Waals surface area contributed by atoms with Crippen LogP contribution in [0.15, 0.2) is 42.5 Å². The van der Waals surface area contributed by atoms with Gasteiger partial charge in [0.15, 0.2) is 0 Å². The fraction of sp³-hybridized carbons (Fsp3) is 0. The van der Waals surface area contributed by atoms with E-state index in [0.29, 0.717) is 11.4 Å². The second kappa shape index (κ2) is 5.66. The first-order valence-corrected chi connectivity index (χ1v) is 6.71. The van der Waals surface area contributed by atoms with Crippen molar-refractivity contribution < 1.29 is 15.0 Å². The minimum Gasteiger partial charge on any atom is -0.507 e. The topological polar surface area (TPSA) is 110 Å². The number of phenols is 1. The van der Waals surface area contributed by atoms with Crippen LogP contribution in [-0.2, 0) is 0 Å². The zero-order valence-corrected chi connectivity index (χ0v) is 11.8. The highest BCUT2D eigenvalue weighted by Gasteiger charge is 2.11. The number of nitrogens with one attached hydrogen (secondary N) is 1. The number of para-hydroxylation sites is 2. The molecule has 112 valence electrons. The van der Waals surface area contributed by atoms with Gasteiger partial charge < -0.3 is 15.2 Å². The van der Waals surface area contributed by atoms with Crippen molar-refractivity contribution in [1.82, 2.24) is 9.97 Å². The van der Waals surface area contributed by atoms with E-state index >= 15 is 0 Å². The van der Waals surface area contributed by atoms with Crippen LogP contribution in [0.25, 0.3) is 22.7 Å². The van der Waals surface area contributed by atoms with Crippen LogP contribution < -0.4 is 0 Å². The number of imidazole rings is 1. The Morgan fingerprint density at radius 1 is 1.26 bits per heavy atom. The number of benzene rings is 2. The van der Waals surface area contributed by atoms with Gasteiger partial charge >= 0.3 is 5.97 Å². The molecule has 0 radical (unpaired) electrons. The Morgan fingerprint density at radius 3 is 2.74 bits per heavy atom. The molecule has 0 aliphatic carbocycles. The number of hydrogen-bond donors (Lipinski definition) is 3. The molecule has 0 aliphatic heterocycles. The third kappa shape index (κ3) is 2.76. The van der Waals surface area contributed by atoms with Crippen molar-refractivity contribution in [2.45, 2.75) is 0 Å². The van der Waals surface area contributed by atoms with Crippen molar-refractivity contribution in [3.8, 4) is 11.8 Å². The molecule has 0 saturated heterocycles. The second-order valence-corrected chi connectivity index (χ2v) is 4.85. The minimum atomic E-state index is -1.24. The molecule has 0 fully saturated rings. The van der Waals surface area contributed by atoms with E-state index in [4.69, 9.17) is 5.11 Å². The molecule has 1 aromatic heterocycles.